The molecule has 1 amide bonds. The average molecular weight is 362 g/mol. The maximum absolute atomic E-state index is 12.2. The van der Waals surface area contributed by atoms with E-state index in [4.69, 9.17) is 11.6 Å². The number of nitrogens with one attached hydrogen (secondary N) is 1. The lowest BCUT2D eigenvalue weighted by molar-refractivity contribution is -0.119. The van der Waals surface area contributed by atoms with Gasteiger partial charge in [0.15, 0.2) is 5.65 Å². The van der Waals surface area contributed by atoms with Crippen LogP contribution in [0.5, 0.6) is 0 Å². The summed E-state index contributed by atoms with van der Waals surface area (Å²) in [4.78, 5) is 20.6. The van der Waals surface area contributed by atoms with Crippen molar-refractivity contribution in [2.45, 2.75) is 18.0 Å². The van der Waals surface area contributed by atoms with E-state index in [1.807, 2.05) is 38.2 Å². The Kier molecular flexibility index (Phi) is 5.01. The topological polar surface area (TPSA) is 72.7 Å². The number of hydrogen-bond donors (Lipinski definition) is 1. The predicted octanol–water partition coefficient (Wildman–Crippen LogP) is 2.99. The van der Waals surface area contributed by atoms with Crippen LogP contribution in [-0.4, -0.2) is 31.4 Å². The number of aryl methyl sites for hydroxylation is 1. The average Bonchev–Trinajstić information content (AvgIpc) is 2.95. The second-order valence-electron chi connectivity index (χ2n) is 5.32. The number of aromatic nitrogens is 4. The highest BCUT2D eigenvalue weighted by atomic mass is 35.5. The van der Waals surface area contributed by atoms with Crippen LogP contribution in [0.25, 0.3) is 11.0 Å². The molecular formula is C16H16ClN5OS. The van der Waals surface area contributed by atoms with E-state index in [2.05, 4.69) is 20.4 Å². The Balaban J connectivity index is 1.63. The number of amides is 1. The molecule has 3 rings (SSSR count). The molecule has 1 N–H and O–H groups in total. The van der Waals surface area contributed by atoms with Crippen LogP contribution in [0.4, 0.5) is 0 Å². The standard InChI is InChI=1S/C16H16ClN5OS/c1-10(11-4-3-5-12(17)6-11)21-14(23)8-24-16-13-7-20-22(2)15(13)18-9-19-16/h3-7,9-10H,8H2,1-2H3,(H,21,23). The number of carbonyl (C=O) groups excluding carboxylic acids is 1. The molecule has 0 aliphatic heterocycles. The quantitative estimate of drug-likeness (QED) is 0.558. The van der Waals surface area contributed by atoms with Crippen LogP contribution in [-0.2, 0) is 11.8 Å². The third-order valence-corrected chi connectivity index (χ3v) is 4.80. The molecule has 24 heavy (non-hydrogen) atoms. The molecular weight excluding hydrogens is 346 g/mol. The van der Waals surface area contributed by atoms with Crippen LogP contribution in [0, 0.1) is 0 Å². The van der Waals surface area contributed by atoms with Crippen molar-refractivity contribution in [2.24, 2.45) is 7.05 Å². The molecule has 1 atom stereocenters. The molecule has 0 bridgehead atoms. The molecule has 6 nitrogen and oxygen atoms in total. The zero-order chi connectivity index (χ0) is 17.1. The fraction of sp³-hybridized carbons (Fsp3) is 0.250. The van der Waals surface area contributed by atoms with E-state index in [1.165, 1.54) is 18.1 Å². The molecule has 1 aromatic carbocycles. The van der Waals surface area contributed by atoms with Gasteiger partial charge in [0.2, 0.25) is 5.91 Å². The van der Waals surface area contributed by atoms with Gasteiger partial charge in [0, 0.05) is 12.1 Å². The highest BCUT2D eigenvalue weighted by molar-refractivity contribution is 8.00. The Morgan fingerprint density at radius 1 is 1.42 bits per heavy atom. The van der Waals surface area contributed by atoms with E-state index in [-0.39, 0.29) is 17.7 Å². The van der Waals surface area contributed by atoms with Gasteiger partial charge in [-0.2, -0.15) is 5.10 Å². The Morgan fingerprint density at radius 2 is 2.25 bits per heavy atom. The highest BCUT2D eigenvalue weighted by Gasteiger charge is 2.13. The first-order chi connectivity index (χ1) is 11.5. The van der Waals surface area contributed by atoms with E-state index in [1.54, 1.807) is 10.9 Å². The number of thioether (sulfide) groups is 1. The first kappa shape index (κ1) is 16.7. The van der Waals surface area contributed by atoms with Gasteiger partial charge >= 0.3 is 0 Å². The molecule has 0 aliphatic rings. The lowest BCUT2D eigenvalue weighted by atomic mass is 10.1. The number of nitrogens with zero attached hydrogens (tertiary/aromatic N) is 4. The van der Waals surface area contributed by atoms with Gasteiger partial charge in [-0.25, -0.2) is 9.97 Å². The van der Waals surface area contributed by atoms with E-state index < -0.39 is 0 Å². The lowest BCUT2D eigenvalue weighted by Gasteiger charge is -2.14. The van der Waals surface area contributed by atoms with Crippen LogP contribution < -0.4 is 5.32 Å². The van der Waals surface area contributed by atoms with Crippen LogP contribution in [0.3, 0.4) is 0 Å². The molecule has 0 saturated carbocycles. The Morgan fingerprint density at radius 3 is 3.04 bits per heavy atom. The van der Waals surface area contributed by atoms with Crippen LogP contribution in [0.1, 0.15) is 18.5 Å². The first-order valence-corrected chi connectivity index (χ1v) is 8.71. The third kappa shape index (κ3) is 3.68. The van der Waals surface area contributed by atoms with Crippen molar-refractivity contribution in [1.29, 1.82) is 0 Å². The molecule has 0 radical (unpaired) electrons. The molecule has 2 aromatic heterocycles. The SMILES string of the molecule is CC(NC(=O)CSc1ncnc2c1cnn2C)c1cccc(Cl)c1. The minimum absolute atomic E-state index is 0.0665. The zero-order valence-electron chi connectivity index (χ0n) is 13.2. The van der Waals surface area contributed by atoms with Crippen molar-refractivity contribution in [1.82, 2.24) is 25.1 Å². The molecule has 2 heterocycles. The minimum atomic E-state index is -0.111. The summed E-state index contributed by atoms with van der Waals surface area (Å²) >= 11 is 7.35. The summed E-state index contributed by atoms with van der Waals surface area (Å²) in [7, 11) is 1.82. The summed E-state index contributed by atoms with van der Waals surface area (Å²) in [6.45, 7) is 1.93. The van der Waals surface area contributed by atoms with Crippen molar-refractivity contribution >= 4 is 40.3 Å². The summed E-state index contributed by atoms with van der Waals surface area (Å²) in [6.07, 6.45) is 3.20. The van der Waals surface area contributed by atoms with Crippen LogP contribution in [0.2, 0.25) is 5.02 Å². The highest BCUT2D eigenvalue weighted by Crippen LogP contribution is 2.24. The number of halogens is 1. The summed E-state index contributed by atoms with van der Waals surface area (Å²) in [6, 6.07) is 7.36. The second kappa shape index (κ2) is 7.19. The second-order valence-corrected chi connectivity index (χ2v) is 6.72. The van der Waals surface area contributed by atoms with Gasteiger partial charge in [0.05, 0.1) is 23.4 Å². The smallest absolute Gasteiger partial charge is 0.230 e. The summed E-state index contributed by atoms with van der Waals surface area (Å²) in [5, 5.41) is 9.38. The predicted molar refractivity (Wildman–Crippen MR) is 95.0 cm³/mol. The first-order valence-electron chi connectivity index (χ1n) is 7.35. The van der Waals surface area contributed by atoms with E-state index >= 15 is 0 Å². The van der Waals surface area contributed by atoms with Gasteiger partial charge in [-0.1, -0.05) is 35.5 Å². The van der Waals surface area contributed by atoms with E-state index in [0.717, 1.165) is 21.6 Å². The molecule has 0 saturated heterocycles. The van der Waals surface area contributed by atoms with Gasteiger partial charge in [0.25, 0.3) is 0 Å². The molecule has 3 aromatic rings. The summed E-state index contributed by atoms with van der Waals surface area (Å²) in [5.74, 6) is 0.203. The monoisotopic (exact) mass is 361 g/mol. The minimum Gasteiger partial charge on any atom is -0.349 e. The summed E-state index contributed by atoms with van der Waals surface area (Å²) in [5.41, 5.74) is 1.72. The molecule has 1 unspecified atom stereocenters. The normalized spacial score (nSPS) is 12.3. The number of benzene rings is 1. The van der Waals surface area contributed by atoms with Crippen molar-refractivity contribution in [3.63, 3.8) is 0 Å². The van der Waals surface area contributed by atoms with E-state index in [9.17, 15) is 4.79 Å². The van der Waals surface area contributed by atoms with Crippen molar-refractivity contribution in [2.75, 3.05) is 5.75 Å². The van der Waals surface area contributed by atoms with Crippen LogP contribution in [0.15, 0.2) is 41.8 Å². The largest absolute Gasteiger partial charge is 0.349 e. The Bertz CT molecular complexity index is 882. The Hall–Kier alpha value is -2.12. The number of rotatable bonds is 5. The number of fused-ring (bicyclic) bond motifs is 1. The molecule has 0 aliphatic carbocycles. The zero-order valence-corrected chi connectivity index (χ0v) is 14.8. The molecule has 0 fully saturated rings. The van der Waals surface area contributed by atoms with Gasteiger partial charge < -0.3 is 5.32 Å². The number of hydrogen-bond acceptors (Lipinski definition) is 5. The van der Waals surface area contributed by atoms with Gasteiger partial charge in [-0.15, -0.1) is 0 Å². The van der Waals surface area contributed by atoms with Crippen molar-refractivity contribution < 1.29 is 4.79 Å². The third-order valence-electron chi connectivity index (χ3n) is 3.56. The fourth-order valence-electron chi connectivity index (χ4n) is 2.33. The molecule has 8 heteroatoms. The lowest BCUT2D eigenvalue weighted by Crippen LogP contribution is -2.28. The molecule has 0 spiro atoms. The van der Waals surface area contributed by atoms with Crippen molar-refractivity contribution in [3.8, 4) is 0 Å². The van der Waals surface area contributed by atoms with Gasteiger partial charge in [-0.3, -0.25) is 9.48 Å². The van der Waals surface area contributed by atoms with Crippen LogP contribution >= 0.6 is 23.4 Å². The maximum Gasteiger partial charge on any atom is 0.230 e. The number of carbonyl (C=O) groups is 1. The van der Waals surface area contributed by atoms with Gasteiger partial charge in [0.1, 0.15) is 11.4 Å². The van der Waals surface area contributed by atoms with E-state index in [0.29, 0.717) is 5.02 Å². The maximum atomic E-state index is 12.2. The fourth-order valence-corrected chi connectivity index (χ4v) is 3.30. The molecule has 124 valence electrons. The van der Waals surface area contributed by atoms with Crippen molar-refractivity contribution in [3.05, 3.63) is 47.4 Å². The Labute approximate surface area is 148 Å². The summed E-state index contributed by atoms with van der Waals surface area (Å²) < 4.78 is 1.68. The van der Waals surface area contributed by atoms with Gasteiger partial charge in [-0.05, 0) is 24.6 Å².